The summed E-state index contributed by atoms with van der Waals surface area (Å²) in [5, 5.41) is 15.8. The smallest absolute Gasteiger partial charge is 0.234 e. The number of hydrogen-bond donors (Lipinski definition) is 2. The summed E-state index contributed by atoms with van der Waals surface area (Å²) in [6, 6.07) is 0. The average molecular weight is 335 g/mol. The zero-order chi connectivity index (χ0) is 14.6. The van der Waals surface area contributed by atoms with E-state index in [1.54, 1.807) is 7.11 Å². The molecule has 1 aromatic rings. The number of amides is 1. The summed E-state index contributed by atoms with van der Waals surface area (Å²) in [6.07, 6.45) is 1.56. The number of aromatic nitrogens is 2. The molecule has 0 aliphatic carbocycles. The molecule has 120 valence electrons. The molecular formula is C13H23ClN4O2S. The van der Waals surface area contributed by atoms with Crippen molar-refractivity contribution in [3.05, 3.63) is 5.01 Å². The largest absolute Gasteiger partial charge is 0.384 e. The molecule has 8 heteroatoms. The van der Waals surface area contributed by atoms with Gasteiger partial charge in [-0.1, -0.05) is 25.2 Å². The lowest BCUT2D eigenvalue weighted by molar-refractivity contribution is -0.130. The summed E-state index contributed by atoms with van der Waals surface area (Å²) in [7, 11) is 1.64. The zero-order valence-electron chi connectivity index (χ0n) is 12.6. The van der Waals surface area contributed by atoms with E-state index in [9.17, 15) is 4.79 Å². The van der Waals surface area contributed by atoms with Crippen LogP contribution < -0.4 is 10.6 Å². The average Bonchev–Trinajstić information content (AvgIpc) is 2.89. The number of nitrogens with one attached hydrogen (secondary N) is 2. The number of anilines is 1. The van der Waals surface area contributed by atoms with E-state index in [2.05, 4.69) is 34.7 Å². The lowest BCUT2D eigenvalue weighted by Crippen LogP contribution is -2.47. The SMILES string of the molecule is COCC1(C(=O)Nc2nnc(C(C)C)s2)CCNCC1.Cl. The molecule has 0 spiro atoms. The van der Waals surface area contributed by atoms with Crippen molar-refractivity contribution in [3.63, 3.8) is 0 Å². The predicted molar refractivity (Wildman–Crippen MR) is 86.3 cm³/mol. The Morgan fingerprint density at radius 3 is 2.62 bits per heavy atom. The monoisotopic (exact) mass is 334 g/mol. The molecule has 0 atom stereocenters. The molecule has 2 N–H and O–H groups in total. The molecule has 1 amide bonds. The number of carbonyl (C=O) groups excluding carboxylic acids is 1. The second-order valence-corrected chi connectivity index (χ2v) is 6.53. The summed E-state index contributed by atoms with van der Waals surface area (Å²) in [5.74, 6) is 0.317. The van der Waals surface area contributed by atoms with Crippen molar-refractivity contribution < 1.29 is 9.53 Å². The van der Waals surface area contributed by atoms with Crippen LogP contribution in [0.3, 0.4) is 0 Å². The number of nitrogens with zero attached hydrogens (tertiary/aromatic N) is 2. The maximum absolute atomic E-state index is 12.6. The Kier molecular flexibility index (Phi) is 6.99. The molecule has 1 fully saturated rings. The molecule has 0 saturated carbocycles. The van der Waals surface area contributed by atoms with Crippen LogP contribution in [0.15, 0.2) is 0 Å². The van der Waals surface area contributed by atoms with Gasteiger partial charge in [-0.2, -0.15) is 0 Å². The zero-order valence-corrected chi connectivity index (χ0v) is 14.3. The second-order valence-electron chi connectivity index (χ2n) is 5.52. The number of carbonyl (C=O) groups is 1. The Morgan fingerprint density at radius 2 is 2.10 bits per heavy atom. The molecule has 2 heterocycles. The highest BCUT2D eigenvalue weighted by Crippen LogP contribution is 2.32. The van der Waals surface area contributed by atoms with Gasteiger partial charge in [0.1, 0.15) is 5.01 Å². The highest BCUT2D eigenvalue weighted by Gasteiger charge is 2.40. The first-order valence-corrected chi connectivity index (χ1v) is 7.73. The maximum Gasteiger partial charge on any atom is 0.234 e. The van der Waals surface area contributed by atoms with Crippen LogP contribution in [0.1, 0.15) is 37.6 Å². The van der Waals surface area contributed by atoms with Crippen molar-refractivity contribution in [3.8, 4) is 0 Å². The first kappa shape index (κ1) is 18.3. The summed E-state index contributed by atoms with van der Waals surface area (Å²) in [4.78, 5) is 12.6. The highest BCUT2D eigenvalue weighted by molar-refractivity contribution is 7.15. The third-order valence-corrected chi connectivity index (χ3v) is 4.76. The fraction of sp³-hybridized carbons (Fsp3) is 0.769. The Morgan fingerprint density at radius 1 is 1.43 bits per heavy atom. The third kappa shape index (κ3) is 4.35. The number of halogens is 1. The van der Waals surface area contributed by atoms with Gasteiger partial charge in [-0.15, -0.1) is 22.6 Å². The van der Waals surface area contributed by atoms with Gasteiger partial charge in [0.2, 0.25) is 11.0 Å². The standard InChI is InChI=1S/C13H22N4O2S.ClH/c1-9(2)10-16-17-12(20-10)15-11(18)13(8-19-3)4-6-14-7-5-13;/h9,14H,4-8H2,1-3H3,(H,15,17,18);1H. The van der Waals surface area contributed by atoms with Gasteiger partial charge in [-0.05, 0) is 25.9 Å². The van der Waals surface area contributed by atoms with E-state index in [4.69, 9.17) is 4.74 Å². The molecule has 1 saturated heterocycles. The molecule has 21 heavy (non-hydrogen) atoms. The van der Waals surface area contributed by atoms with E-state index in [-0.39, 0.29) is 18.3 Å². The fourth-order valence-corrected chi connectivity index (χ4v) is 3.11. The minimum Gasteiger partial charge on any atom is -0.384 e. The molecule has 1 aromatic heterocycles. The minimum atomic E-state index is -0.455. The van der Waals surface area contributed by atoms with Crippen molar-refractivity contribution in [1.82, 2.24) is 15.5 Å². The van der Waals surface area contributed by atoms with Gasteiger partial charge in [0.25, 0.3) is 0 Å². The van der Waals surface area contributed by atoms with Crippen LogP contribution in [0, 0.1) is 5.41 Å². The van der Waals surface area contributed by atoms with Crippen molar-refractivity contribution in [2.45, 2.75) is 32.6 Å². The van der Waals surface area contributed by atoms with Gasteiger partial charge < -0.3 is 10.1 Å². The van der Waals surface area contributed by atoms with Crippen LogP contribution in [0.4, 0.5) is 5.13 Å². The lowest BCUT2D eigenvalue weighted by Gasteiger charge is -2.35. The summed E-state index contributed by atoms with van der Waals surface area (Å²) < 4.78 is 5.27. The Labute approximate surface area is 135 Å². The topological polar surface area (TPSA) is 76.1 Å². The molecule has 0 bridgehead atoms. The van der Waals surface area contributed by atoms with Gasteiger partial charge in [0.05, 0.1) is 12.0 Å². The van der Waals surface area contributed by atoms with Crippen LogP contribution in [-0.4, -0.2) is 42.9 Å². The Bertz CT molecular complexity index is 455. The van der Waals surface area contributed by atoms with E-state index in [1.807, 2.05) is 0 Å². The summed E-state index contributed by atoms with van der Waals surface area (Å²) in [6.45, 7) is 6.24. The number of piperidine rings is 1. The van der Waals surface area contributed by atoms with Gasteiger partial charge in [-0.25, -0.2) is 0 Å². The lowest BCUT2D eigenvalue weighted by atomic mass is 9.79. The van der Waals surface area contributed by atoms with Gasteiger partial charge in [0, 0.05) is 13.0 Å². The van der Waals surface area contributed by atoms with Crippen LogP contribution in [0.25, 0.3) is 0 Å². The molecular weight excluding hydrogens is 312 g/mol. The first-order valence-electron chi connectivity index (χ1n) is 6.92. The molecule has 2 rings (SSSR count). The van der Waals surface area contributed by atoms with E-state index in [0.717, 1.165) is 30.9 Å². The second kappa shape index (κ2) is 8.03. The highest BCUT2D eigenvalue weighted by atomic mass is 35.5. The van der Waals surface area contributed by atoms with E-state index < -0.39 is 5.41 Å². The summed E-state index contributed by atoms with van der Waals surface area (Å²) in [5.41, 5.74) is -0.455. The Balaban J connectivity index is 0.00000220. The van der Waals surface area contributed by atoms with Crippen LogP contribution in [0.2, 0.25) is 0 Å². The maximum atomic E-state index is 12.6. The quantitative estimate of drug-likeness (QED) is 0.861. The number of rotatable bonds is 5. The van der Waals surface area contributed by atoms with Crippen molar-refractivity contribution in [2.24, 2.45) is 5.41 Å². The number of methoxy groups -OCH3 is 1. The van der Waals surface area contributed by atoms with Crippen molar-refractivity contribution in [2.75, 3.05) is 32.1 Å². The number of ether oxygens (including phenoxy) is 1. The van der Waals surface area contributed by atoms with E-state index in [0.29, 0.717) is 17.7 Å². The number of hydrogen-bond acceptors (Lipinski definition) is 6. The van der Waals surface area contributed by atoms with Crippen molar-refractivity contribution in [1.29, 1.82) is 0 Å². The molecule has 1 aliphatic heterocycles. The molecule has 0 unspecified atom stereocenters. The molecule has 0 aromatic carbocycles. The van der Waals surface area contributed by atoms with Gasteiger partial charge in [-0.3, -0.25) is 10.1 Å². The predicted octanol–water partition coefficient (Wildman–Crippen LogP) is 2.04. The fourth-order valence-electron chi connectivity index (χ4n) is 2.37. The van der Waals surface area contributed by atoms with Crippen molar-refractivity contribution >= 4 is 34.8 Å². The third-order valence-electron chi connectivity index (χ3n) is 3.62. The molecule has 6 nitrogen and oxygen atoms in total. The van der Waals surface area contributed by atoms with E-state index >= 15 is 0 Å². The minimum absolute atomic E-state index is 0. The van der Waals surface area contributed by atoms with Crippen LogP contribution in [-0.2, 0) is 9.53 Å². The first-order chi connectivity index (χ1) is 9.57. The Hall–Kier alpha value is -0.760. The van der Waals surface area contributed by atoms with Crippen LogP contribution in [0.5, 0.6) is 0 Å². The van der Waals surface area contributed by atoms with Crippen LogP contribution >= 0.6 is 23.7 Å². The molecule has 0 radical (unpaired) electrons. The van der Waals surface area contributed by atoms with E-state index in [1.165, 1.54) is 11.3 Å². The van der Waals surface area contributed by atoms with Gasteiger partial charge in [0.15, 0.2) is 0 Å². The normalized spacial score (nSPS) is 17.3. The van der Waals surface area contributed by atoms with Gasteiger partial charge >= 0.3 is 0 Å². The summed E-state index contributed by atoms with van der Waals surface area (Å²) >= 11 is 1.44. The molecule has 1 aliphatic rings.